The third-order valence-corrected chi connectivity index (χ3v) is 3.32. The molecule has 2 rings (SSSR count). The first-order valence-electron chi connectivity index (χ1n) is 5.65. The highest BCUT2D eigenvalue weighted by Gasteiger charge is 2.29. The lowest BCUT2D eigenvalue weighted by molar-refractivity contribution is 0.545. The Balaban J connectivity index is 2.12. The third kappa shape index (κ3) is 2.14. The minimum atomic E-state index is 0.819. The molecule has 1 fully saturated rings. The van der Waals surface area contributed by atoms with Crippen LogP contribution in [0.5, 0.6) is 0 Å². The Bertz CT molecular complexity index is 263. The molecule has 78 valence electrons. The maximum atomic E-state index is 6.21. The van der Waals surface area contributed by atoms with Crippen molar-refractivity contribution in [3.8, 4) is 0 Å². The minimum Gasteiger partial charge on any atom is -0.285 e. The first kappa shape index (κ1) is 10.1. The van der Waals surface area contributed by atoms with E-state index in [1.54, 1.807) is 0 Å². The van der Waals surface area contributed by atoms with Gasteiger partial charge < -0.3 is 0 Å². The summed E-state index contributed by atoms with van der Waals surface area (Å²) in [6.07, 6.45) is 10.8. The van der Waals surface area contributed by atoms with Crippen LogP contribution in [0.3, 0.4) is 0 Å². The fraction of sp³-hybridized carbons (Fsp3) is 0.667. The van der Waals surface area contributed by atoms with Crippen LogP contribution >= 0.6 is 11.8 Å². The van der Waals surface area contributed by atoms with Crippen molar-refractivity contribution in [3.05, 3.63) is 23.4 Å². The van der Waals surface area contributed by atoms with E-state index in [-0.39, 0.29) is 0 Å². The summed E-state index contributed by atoms with van der Waals surface area (Å²) in [6, 6.07) is 0. The number of allylic oxidation sites excluding steroid dienone is 3. The van der Waals surface area contributed by atoms with Crippen LogP contribution in [0.15, 0.2) is 23.4 Å². The van der Waals surface area contributed by atoms with E-state index in [0.717, 1.165) is 18.9 Å². The number of hydrogen-bond acceptors (Lipinski definition) is 1. The van der Waals surface area contributed by atoms with Gasteiger partial charge in [-0.05, 0) is 37.2 Å². The Hall–Kier alpha value is -0.430. The first-order valence-corrected chi connectivity index (χ1v) is 5.99. The van der Waals surface area contributed by atoms with E-state index in [1.807, 2.05) is 4.42 Å². The van der Waals surface area contributed by atoms with E-state index < -0.39 is 0 Å². The van der Waals surface area contributed by atoms with Gasteiger partial charge in [-0.15, -0.1) is 0 Å². The molecule has 1 saturated carbocycles. The molecule has 1 nitrogen and oxygen atoms in total. The highest BCUT2D eigenvalue weighted by atomic mass is 35.5. The molecule has 2 heteroatoms. The second-order valence-electron chi connectivity index (χ2n) is 4.23. The van der Waals surface area contributed by atoms with Gasteiger partial charge in [-0.1, -0.05) is 25.5 Å². The van der Waals surface area contributed by atoms with Crippen molar-refractivity contribution in [2.75, 3.05) is 6.54 Å². The zero-order valence-electron chi connectivity index (χ0n) is 8.80. The lowest BCUT2D eigenvalue weighted by Gasteiger charge is -2.24. The molecule has 14 heavy (non-hydrogen) atoms. The van der Waals surface area contributed by atoms with Gasteiger partial charge >= 0.3 is 0 Å². The van der Waals surface area contributed by atoms with Gasteiger partial charge in [0.1, 0.15) is 0 Å². The third-order valence-electron chi connectivity index (χ3n) is 2.97. The molecule has 0 aromatic rings. The number of unbranched alkanes of at least 4 members (excludes halogenated alkanes) is 1. The van der Waals surface area contributed by atoms with Crippen molar-refractivity contribution in [2.45, 2.75) is 39.0 Å². The monoisotopic (exact) mass is 211 g/mol. The van der Waals surface area contributed by atoms with E-state index in [1.165, 1.54) is 37.0 Å². The highest BCUT2D eigenvalue weighted by molar-refractivity contribution is 6.14. The van der Waals surface area contributed by atoms with E-state index in [0.29, 0.717) is 0 Å². The van der Waals surface area contributed by atoms with E-state index in [4.69, 9.17) is 11.8 Å². The average Bonchev–Trinajstić information content (AvgIpc) is 2.99. The maximum absolute atomic E-state index is 6.21. The number of rotatable bonds is 4. The van der Waals surface area contributed by atoms with Crippen LogP contribution in [0.25, 0.3) is 0 Å². The number of nitrogens with zero attached hydrogens (tertiary/aromatic N) is 1. The molecule has 0 N–H and O–H groups in total. The molecular formula is C12H18ClN. The largest absolute Gasteiger partial charge is 0.285 e. The van der Waals surface area contributed by atoms with Crippen molar-refractivity contribution in [1.82, 2.24) is 4.42 Å². The molecule has 1 aliphatic heterocycles. The van der Waals surface area contributed by atoms with Gasteiger partial charge in [0.05, 0.1) is 6.54 Å². The van der Waals surface area contributed by atoms with Gasteiger partial charge in [-0.2, -0.15) is 0 Å². The summed E-state index contributed by atoms with van der Waals surface area (Å²) in [6.45, 7) is 3.10. The fourth-order valence-electron chi connectivity index (χ4n) is 1.99. The molecule has 2 aliphatic rings. The SMILES string of the molecule is CCCCC1=C(C2CC2)C=CCN1Cl. The highest BCUT2D eigenvalue weighted by Crippen LogP contribution is 2.41. The van der Waals surface area contributed by atoms with E-state index in [9.17, 15) is 0 Å². The van der Waals surface area contributed by atoms with Gasteiger partial charge in [0.2, 0.25) is 0 Å². The lowest BCUT2D eigenvalue weighted by atomic mass is 10.0. The molecule has 0 bridgehead atoms. The van der Waals surface area contributed by atoms with E-state index in [2.05, 4.69) is 19.1 Å². The van der Waals surface area contributed by atoms with Crippen LogP contribution in [0.2, 0.25) is 0 Å². The number of hydrogen-bond donors (Lipinski definition) is 0. The van der Waals surface area contributed by atoms with Gasteiger partial charge in [0, 0.05) is 17.5 Å². The Kier molecular flexibility index (Phi) is 3.17. The summed E-state index contributed by atoms with van der Waals surface area (Å²) in [5.41, 5.74) is 2.90. The molecule has 0 atom stereocenters. The van der Waals surface area contributed by atoms with Crippen molar-refractivity contribution in [1.29, 1.82) is 0 Å². The van der Waals surface area contributed by atoms with Crippen molar-refractivity contribution >= 4 is 11.8 Å². The van der Waals surface area contributed by atoms with Crippen molar-refractivity contribution in [2.24, 2.45) is 5.92 Å². The predicted molar refractivity (Wildman–Crippen MR) is 61.0 cm³/mol. The topological polar surface area (TPSA) is 3.24 Å². The molecule has 0 amide bonds. The summed E-state index contributed by atoms with van der Waals surface area (Å²) in [5, 5.41) is 0. The average molecular weight is 212 g/mol. The normalized spacial score (nSPS) is 22.0. The fourth-order valence-corrected chi connectivity index (χ4v) is 2.26. The molecule has 1 aliphatic carbocycles. The second-order valence-corrected chi connectivity index (χ2v) is 4.64. The zero-order valence-corrected chi connectivity index (χ0v) is 9.56. The summed E-state index contributed by atoms with van der Waals surface area (Å²) >= 11 is 6.21. The maximum Gasteiger partial charge on any atom is 0.0529 e. The van der Waals surface area contributed by atoms with Crippen molar-refractivity contribution in [3.63, 3.8) is 0 Å². The minimum absolute atomic E-state index is 0.819. The Labute approximate surface area is 91.5 Å². The van der Waals surface area contributed by atoms with Crippen LogP contribution in [0, 0.1) is 5.92 Å². The Morgan fingerprint density at radius 2 is 2.29 bits per heavy atom. The van der Waals surface area contributed by atoms with E-state index >= 15 is 0 Å². The molecule has 0 aromatic carbocycles. The summed E-state index contributed by atoms with van der Waals surface area (Å²) in [4.78, 5) is 0. The summed E-state index contributed by atoms with van der Waals surface area (Å²) < 4.78 is 1.91. The van der Waals surface area contributed by atoms with Crippen LogP contribution in [-0.2, 0) is 0 Å². The smallest absolute Gasteiger partial charge is 0.0529 e. The van der Waals surface area contributed by atoms with Crippen LogP contribution in [0.1, 0.15) is 39.0 Å². The predicted octanol–water partition coefficient (Wildman–Crippen LogP) is 3.87. The van der Waals surface area contributed by atoms with Crippen molar-refractivity contribution < 1.29 is 0 Å². The molecule has 1 heterocycles. The molecule has 0 aromatic heterocycles. The Morgan fingerprint density at radius 1 is 1.50 bits per heavy atom. The lowest BCUT2D eigenvalue weighted by Crippen LogP contribution is -2.17. The van der Waals surface area contributed by atoms with Crippen LogP contribution in [0.4, 0.5) is 0 Å². The first-order chi connectivity index (χ1) is 6.83. The second kappa shape index (κ2) is 4.39. The van der Waals surface area contributed by atoms with Gasteiger partial charge in [0.25, 0.3) is 0 Å². The standard InChI is InChI=1S/C12H18ClN/c1-2-3-6-12-11(10-7-8-10)5-4-9-14(12)13/h4-5,10H,2-3,6-9H2,1H3. The molecular weight excluding hydrogens is 194 g/mol. The van der Waals surface area contributed by atoms with Crippen LogP contribution in [-0.4, -0.2) is 11.0 Å². The summed E-state index contributed by atoms with van der Waals surface area (Å²) in [5.74, 6) is 0.819. The quantitative estimate of drug-likeness (QED) is 0.639. The molecule has 0 unspecified atom stereocenters. The molecule has 0 saturated heterocycles. The van der Waals surface area contributed by atoms with Crippen LogP contribution < -0.4 is 0 Å². The zero-order chi connectivity index (χ0) is 9.97. The van der Waals surface area contributed by atoms with Gasteiger partial charge in [0.15, 0.2) is 0 Å². The van der Waals surface area contributed by atoms with Gasteiger partial charge in [-0.3, -0.25) is 4.42 Å². The summed E-state index contributed by atoms with van der Waals surface area (Å²) in [7, 11) is 0. The molecule has 0 spiro atoms. The Morgan fingerprint density at radius 3 is 2.93 bits per heavy atom. The molecule has 0 radical (unpaired) electrons. The van der Waals surface area contributed by atoms with Gasteiger partial charge in [-0.25, -0.2) is 0 Å². The number of halogens is 1.